The smallest absolute Gasteiger partial charge is 0.355 e. The second-order valence-corrected chi connectivity index (χ2v) is 5.23. The Kier molecular flexibility index (Phi) is 7.16. The van der Waals surface area contributed by atoms with Crippen molar-refractivity contribution in [2.45, 2.75) is 25.7 Å². The maximum atomic E-state index is 11.4. The number of hydrogen-bond acceptors (Lipinski definition) is 5. The molecule has 8 nitrogen and oxygen atoms in total. The van der Waals surface area contributed by atoms with Crippen molar-refractivity contribution in [3.05, 3.63) is 16.1 Å². The Balaban J connectivity index is 2.10. The van der Waals surface area contributed by atoms with Crippen LogP contribution in [0.2, 0.25) is 0 Å². The van der Waals surface area contributed by atoms with Crippen molar-refractivity contribution < 1.29 is 19.5 Å². The van der Waals surface area contributed by atoms with Gasteiger partial charge in [-0.1, -0.05) is 0 Å². The first-order valence-corrected chi connectivity index (χ1v) is 7.34. The molecule has 3 amide bonds. The summed E-state index contributed by atoms with van der Waals surface area (Å²) in [7, 11) is 0. The SMILES string of the molecule is NC(=O)CCCCNC(=O)NCCc1nc(C(=O)O)cs1. The Morgan fingerprint density at radius 3 is 2.57 bits per heavy atom. The Morgan fingerprint density at radius 2 is 1.95 bits per heavy atom. The van der Waals surface area contributed by atoms with Crippen LogP contribution in [0.3, 0.4) is 0 Å². The molecule has 0 aliphatic rings. The molecule has 1 aromatic rings. The number of urea groups is 1. The van der Waals surface area contributed by atoms with Crippen LogP contribution in [0, 0.1) is 0 Å². The summed E-state index contributed by atoms with van der Waals surface area (Å²) in [5.74, 6) is -1.40. The average molecular weight is 314 g/mol. The summed E-state index contributed by atoms with van der Waals surface area (Å²) < 4.78 is 0. The number of unbranched alkanes of at least 4 members (excludes halogenated alkanes) is 1. The van der Waals surface area contributed by atoms with Crippen molar-refractivity contribution in [3.8, 4) is 0 Å². The van der Waals surface area contributed by atoms with Gasteiger partial charge < -0.3 is 21.5 Å². The minimum Gasteiger partial charge on any atom is -0.476 e. The number of nitrogens with zero attached hydrogens (tertiary/aromatic N) is 1. The molecular formula is C12H18N4O4S. The van der Waals surface area contributed by atoms with E-state index < -0.39 is 5.97 Å². The molecule has 116 valence electrons. The second kappa shape index (κ2) is 8.90. The maximum Gasteiger partial charge on any atom is 0.355 e. The number of aromatic carboxylic acids is 1. The number of rotatable bonds is 9. The summed E-state index contributed by atoms with van der Waals surface area (Å²) in [4.78, 5) is 36.5. The zero-order valence-corrected chi connectivity index (χ0v) is 12.2. The number of carboxylic acid groups (broad SMARTS) is 1. The van der Waals surface area contributed by atoms with Crippen molar-refractivity contribution in [1.82, 2.24) is 15.6 Å². The fourth-order valence-corrected chi connectivity index (χ4v) is 2.27. The first-order valence-electron chi connectivity index (χ1n) is 6.46. The molecule has 1 rings (SSSR count). The van der Waals surface area contributed by atoms with Crippen LogP contribution in [0.15, 0.2) is 5.38 Å². The molecule has 0 saturated heterocycles. The Hall–Kier alpha value is -2.16. The van der Waals surface area contributed by atoms with Crippen LogP contribution in [-0.4, -0.2) is 41.1 Å². The standard InChI is InChI=1S/C12H18N4O4S/c13-9(17)3-1-2-5-14-12(20)15-6-4-10-16-8(7-21-10)11(18)19/h7H,1-6H2,(H2,13,17)(H,18,19)(H2,14,15,20). The van der Waals surface area contributed by atoms with Crippen molar-refractivity contribution in [1.29, 1.82) is 0 Å². The molecule has 9 heteroatoms. The monoisotopic (exact) mass is 314 g/mol. The van der Waals surface area contributed by atoms with E-state index in [0.717, 1.165) is 0 Å². The van der Waals surface area contributed by atoms with Gasteiger partial charge in [0.25, 0.3) is 0 Å². The Labute approximate surface area is 125 Å². The van der Waals surface area contributed by atoms with E-state index in [1.165, 1.54) is 16.7 Å². The van der Waals surface area contributed by atoms with E-state index in [0.29, 0.717) is 43.8 Å². The van der Waals surface area contributed by atoms with Gasteiger partial charge in [0.05, 0.1) is 5.01 Å². The van der Waals surface area contributed by atoms with E-state index in [1.807, 2.05) is 0 Å². The number of primary amides is 1. The molecule has 0 radical (unpaired) electrons. The average Bonchev–Trinajstić information content (AvgIpc) is 2.87. The van der Waals surface area contributed by atoms with E-state index in [2.05, 4.69) is 15.6 Å². The molecule has 0 bridgehead atoms. The highest BCUT2D eigenvalue weighted by Crippen LogP contribution is 2.09. The number of thiazole rings is 1. The van der Waals surface area contributed by atoms with Gasteiger partial charge in [0, 0.05) is 31.3 Å². The van der Waals surface area contributed by atoms with Crippen LogP contribution >= 0.6 is 11.3 Å². The summed E-state index contributed by atoms with van der Waals surface area (Å²) in [6.07, 6.45) is 2.13. The highest BCUT2D eigenvalue weighted by atomic mass is 32.1. The molecule has 1 aromatic heterocycles. The molecule has 0 aliphatic heterocycles. The van der Waals surface area contributed by atoms with Gasteiger partial charge in [-0.2, -0.15) is 0 Å². The fraction of sp³-hybridized carbons (Fsp3) is 0.500. The summed E-state index contributed by atoms with van der Waals surface area (Å²) in [6.45, 7) is 0.846. The van der Waals surface area contributed by atoms with Crippen LogP contribution in [-0.2, 0) is 11.2 Å². The van der Waals surface area contributed by atoms with Crippen molar-refractivity contribution in [3.63, 3.8) is 0 Å². The zero-order chi connectivity index (χ0) is 15.7. The highest BCUT2D eigenvalue weighted by Gasteiger charge is 2.08. The van der Waals surface area contributed by atoms with Crippen LogP contribution in [0.5, 0.6) is 0 Å². The number of carbonyl (C=O) groups excluding carboxylic acids is 2. The van der Waals surface area contributed by atoms with Crippen molar-refractivity contribution in [2.75, 3.05) is 13.1 Å². The number of nitrogens with one attached hydrogen (secondary N) is 2. The Morgan fingerprint density at radius 1 is 1.24 bits per heavy atom. The third-order valence-electron chi connectivity index (χ3n) is 2.53. The molecule has 0 aromatic carbocycles. The molecule has 0 unspecified atom stereocenters. The number of amides is 3. The maximum absolute atomic E-state index is 11.4. The lowest BCUT2D eigenvalue weighted by Crippen LogP contribution is -2.37. The van der Waals surface area contributed by atoms with E-state index in [-0.39, 0.29) is 17.6 Å². The molecule has 0 fully saturated rings. The second-order valence-electron chi connectivity index (χ2n) is 4.29. The molecule has 0 spiro atoms. The van der Waals surface area contributed by atoms with Crippen LogP contribution in [0.1, 0.15) is 34.8 Å². The first-order chi connectivity index (χ1) is 9.99. The van der Waals surface area contributed by atoms with E-state index in [4.69, 9.17) is 10.8 Å². The van der Waals surface area contributed by atoms with Gasteiger partial charge in [0.15, 0.2) is 5.69 Å². The van der Waals surface area contributed by atoms with E-state index in [1.54, 1.807) is 0 Å². The predicted molar refractivity (Wildman–Crippen MR) is 77.2 cm³/mol. The molecule has 1 heterocycles. The van der Waals surface area contributed by atoms with Crippen molar-refractivity contribution in [2.24, 2.45) is 5.73 Å². The molecule has 0 saturated carbocycles. The van der Waals surface area contributed by atoms with Gasteiger partial charge in [0.1, 0.15) is 0 Å². The number of carbonyl (C=O) groups is 3. The molecule has 0 aliphatic carbocycles. The van der Waals surface area contributed by atoms with Gasteiger partial charge in [-0.3, -0.25) is 4.79 Å². The van der Waals surface area contributed by atoms with Gasteiger partial charge in [-0.25, -0.2) is 14.6 Å². The molecule has 21 heavy (non-hydrogen) atoms. The van der Waals surface area contributed by atoms with Gasteiger partial charge >= 0.3 is 12.0 Å². The number of hydrogen-bond donors (Lipinski definition) is 4. The quantitative estimate of drug-likeness (QED) is 0.487. The lowest BCUT2D eigenvalue weighted by molar-refractivity contribution is -0.118. The van der Waals surface area contributed by atoms with Crippen molar-refractivity contribution >= 4 is 29.2 Å². The first kappa shape index (κ1) is 16.9. The van der Waals surface area contributed by atoms with Crippen LogP contribution in [0.25, 0.3) is 0 Å². The van der Waals surface area contributed by atoms with Gasteiger partial charge in [-0.15, -0.1) is 11.3 Å². The van der Waals surface area contributed by atoms with E-state index in [9.17, 15) is 14.4 Å². The predicted octanol–water partition coefficient (Wildman–Crippen LogP) is 0.339. The zero-order valence-electron chi connectivity index (χ0n) is 11.4. The number of nitrogens with two attached hydrogens (primary N) is 1. The van der Waals surface area contributed by atoms with Crippen LogP contribution in [0.4, 0.5) is 4.79 Å². The number of aromatic nitrogens is 1. The third kappa shape index (κ3) is 7.25. The summed E-state index contributed by atoms with van der Waals surface area (Å²) >= 11 is 1.25. The summed E-state index contributed by atoms with van der Waals surface area (Å²) in [5.41, 5.74) is 5.02. The highest BCUT2D eigenvalue weighted by molar-refractivity contribution is 7.09. The Bertz CT molecular complexity index is 503. The molecule has 0 atom stereocenters. The minimum atomic E-state index is -1.06. The third-order valence-corrected chi connectivity index (χ3v) is 3.44. The largest absolute Gasteiger partial charge is 0.476 e. The normalized spacial score (nSPS) is 10.1. The molecule has 5 N–H and O–H groups in total. The lowest BCUT2D eigenvalue weighted by Gasteiger charge is -2.06. The summed E-state index contributed by atoms with van der Waals surface area (Å²) in [5, 5.41) is 16.2. The fourth-order valence-electron chi connectivity index (χ4n) is 1.50. The van der Waals surface area contributed by atoms with Gasteiger partial charge in [-0.05, 0) is 12.8 Å². The minimum absolute atomic E-state index is 0.0221. The summed E-state index contributed by atoms with van der Waals surface area (Å²) in [6, 6.07) is -0.302. The molecular weight excluding hydrogens is 296 g/mol. The van der Waals surface area contributed by atoms with E-state index >= 15 is 0 Å². The van der Waals surface area contributed by atoms with Gasteiger partial charge in [0.2, 0.25) is 5.91 Å². The topological polar surface area (TPSA) is 134 Å². The number of carboxylic acids is 1. The van der Waals surface area contributed by atoms with Crippen LogP contribution < -0.4 is 16.4 Å². The lowest BCUT2D eigenvalue weighted by atomic mass is 10.2.